The standard InChI is InChI=1S/C12H13NO4/c1-7-3-4-10(16-2)11-9(7)5-8(6-17-11)13-12(14)15/h3-5,13H,6H2,1-2H3,(H,14,15). The molecular formula is C12H13NO4. The molecule has 0 spiro atoms. The Morgan fingerprint density at radius 2 is 2.29 bits per heavy atom. The van der Waals surface area contributed by atoms with E-state index in [0.29, 0.717) is 17.2 Å². The van der Waals surface area contributed by atoms with Crippen molar-refractivity contribution >= 4 is 12.2 Å². The molecule has 0 unspecified atom stereocenters. The van der Waals surface area contributed by atoms with Gasteiger partial charge in [-0.2, -0.15) is 0 Å². The molecule has 1 aromatic rings. The molecule has 1 heterocycles. The van der Waals surface area contributed by atoms with E-state index in [4.69, 9.17) is 14.6 Å². The number of aryl methyl sites for hydroxylation is 1. The first-order chi connectivity index (χ1) is 8.11. The summed E-state index contributed by atoms with van der Waals surface area (Å²) in [5, 5.41) is 11.0. The summed E-state index contributed by atoms with van der Waals surface area (Å²) in [5.74, 6) is 1.31. The molecule has 17 heavy (non-hydrogen) atoms. The maximum Gasteiger partial charge on any atom is 0.409 e. The number of nitrogens with one attached hydrogen (secondary N) is 1. The molecule has 5 heteroatoms. The molecule has 1 aromatic carbocycles. The molecule has 1 aliphatic heterocycles. The van der Waals surface area contributed by atoms with Gasteiger partial charge < -0.3 is 14.6 Å². The maximum absolute atomic E-state index is 10.6. The highest BCUT2D eigenvalue weighted by Crippen LogP contribution is 2.37. The summed E-state index contributed by atoms with van der Waals surface area (Å²) in [6.07, 6.45) is 0.675. The summed E-state index contributed by atoms with van der Waals surface area (Å²) >= 11 is 0. The van der Waals surface area contributed by atoms with Crippen molar-refractivity contribution in [2.24, 2.45) is 0 Å². The lowest BCUT2D eigenvalue weighted by Crippen LogP contribution is -2.26. The average Bonchev–Trinajstić information content (AvgIpc) is 2.29. The van der Waals surface area contributed by atoms with Gasteiger partial charge in [-0.15, -0.1) is 0 Å². The Balaban J connectivity index is 2.43. The van der Waals surface area contributed by atoms with Crippen molar-refractivity contribution in [3.05, 3.63) is 29.0 Å². The molecule has 2 rings (SSSR count). The molecule has 0 radical (unpaired) electrons. The second kappa shape index (κ2) is 4.37. The van der Waals surface area contributed by atoms with Crippen molar-refractivity contribution < 1.29 is 19.4 Å². The lowest BCUT2D eigenvalue weighted by molar-refractivity contribution is 0.195. The molecule has 0 fully saturated rings. The second-order valence-corrected chi connectivity index (χ2v) is 3.72. The van der Waals surface area contributed by atoms with Crippen LogP contribution in [0.4, 0.5) is 4.79 Å². The molecule has 0 saturated heterocycles. The number of fused-ring (bicyclic) bond motifs is 1. The third kappa shape index (κ3) is 2.18. The molecule has 0 aliphatic carbocycles. The lowest BCUT2D eigenvalue weighted by atomic mass is 10.0. The van der Waals surface area contributed by atoms with E-state index < -0.39 is 6.09 Å². The predicted molar refractivity (Wildman–Crippen MR) is 62.4 cm³/mol. The smallest absolute Gasteiger partial charge is 0.409 e. The largest absolute Gasteiger partial charge is 0.493 e. The minimum absolute atomic E-state index is 0.194. The molecule has 5 nitrogen and oxygen atoms in total. The van der Waals surface area contributed by atoms with Crippen LogP contribution in [0.2, 0.25) is 0 Å². The molecule has 0 atom stereocenters. The number of benzene rings is 1. The molecular weight excluding hydrogens is 222 g/mol. The summed E-state index contributed by atoms with van der Waals surface area (Å²) in [7, 11) is 1.57. The Morgan fingerprint density at radius 1 is 1.53 bits per heavy atom. The Morgan fingerprint density at radius 3 is 2.94 bits per heavy atom. The van der Waals surface area contributed by atoms with Crippen LogP contribution in [0.15, 0.2) is 17.8 Å². The lowest BCUT2D eigenvalue weighted by Gasteiger charge is -2.21. The first kappa shape index (κ1) is 11.3. The van der Waals surface area contributed by atoms with Crippen molar-refractivity contribution in [3.63, 3.8) is 0 Å². The van der Waals surface area contributed by atoms with Crippen LogP contribution in [0.1, 0.15) is 11.1 Å². The van der Waals surface area contributed by atoms with Gasteiger partial charge in [0.15, 0.2) is 11.5 Å². The van der Waals surface area contributed by atoms with Gasteiger partial charge in [0, 0.05) is 5.56 Å². The second-order valence-electron chi connectivity index (χ2n) is 3.72. The van der Waals surface area contributed by atoms with E-state index in [1.165, 1.54) is 0 Å². The van der Waals surface area contributed by atoms with Crippen LogP contribution in [0.5, 0.6) is 11.5 Å². The predicted octanol–water partition coefficient (Wildman–Crippen LogP) is 2.00. The zero-order valence-corrected chi connectivity index (χ0v) is 9.61. The topological polar surface area (TPSA) is 67.8 Å². The van der Waals surface area contributed by atoms with Gasteiger partial charge in [0.05, 0.1) is 12.8 Å². The number of rotatable bonds is 2. The third-order valence-electron chi connectivity index (χ3n) is 2.56. The van der Waals surface area contributed by atoms with Crippen LogP contribution >= 0.6 is 0 Å². The number of amides is 1. The zero-order valence-electron chi connectivity index (χ0n) is 9.61. The van der Waals surface area contributed by atoms with Crippen molar-refractivity contribution in [2.75, 3.05) is 13.7 Å². The quantitative estimate of drug-likeness (QED) is 0.822. The SMILES string of the molecule is COc1ccc(C)c2c1OCC(NC(=O)O)=C2. The summed E-state index contributed by atoms with van der Waals surface area (Å²) < 4.78 is 10.7. The molecule has 0 bridgehead atoms. The number of ether oxygens (including phenoxy) is 2. The van der Waals surface area contributed by atoms with E-state index in [1.807, 2.05) is 19.1 Å². The minimum Gasteiger partial charge on any atom is -0.493 e. The fraction of sp³-hybridized carbons (Fsp3) is 0.250. The van der Waals surface area contributed by atoms with Crippen molar-refractivity contribution in [1.29, 1.82) is 0 Å². The number of carbonyl (C=O) groups is 1. The van der Waals surface area contributed by atoms with Gasteiger partial charge in [-0.05, 0) is 24.6 Å². The molecule has 90 valence electrons. The van der Waals surface area contributed by atoms with E-state index in [2.05, 4.69) is 5.32 Å². The molecule has 0 aromatic heterocycles. The van der Waals surface area contributed by atoms with Crippen LogP contribution in [-0.4, -0.2) is 24.9 Å². The first-order valence-electron chi connectivity index (χ1n) is 5.12. The van der Waals surface area contributed by atoms with Gasteiger partial charge in [-0.1, -0.05) is 6.07 Å². The fourth-order valence-electron chi connectivity index (χ4n) is 1.74. The Labute approximate surface area is 98.7 Å². The van der Waals surface area contributed by atoms with Gasteiger partial charge in [-0.25, -0.2) is 4.79 Å². The van der Waals surface area contributed by atoms with Crippen molar-refractivity contribution in [3.8, 4) is 11.5 Å². The van der Waals surface area contributed by atoms with Crippen LogP contribution in [0.3, 0.4) is 0 Å². The molecule has 0 saturated carbocycles. The van der Waals surface area contributed by atoms with Gasteiger partial charge in [0.2, 0.25) is 0 Å². The zero-order chi connectivity index (χ0) is 12.4. The molecule has 2 N–H and O–H groups in total. The van der Waals surface area contributed by atoms with E-state index >= 15 is 0 Å². The summed E-state index contributed by atoms with van der Waals surface area (Å²) in [6.45, 7) is 2.13. The summed E-state index contributed by atoms with van der Waals surface area (Å²) in [5.41, 5.74) is 2.37. The van der Waals surface area contributed by atoms with Crippen molar-refractivity contribution in [2.45, 2.75) is 6.92 Å². The normalized spacial score (nSPS) is 13.2. The highest BCUT2D eigenvalue weighted by atomic mass is 16.5. The van der Waals surface area contributed by atoms with Gasteiger partial charge in [0.25, 0.3) is 0 Å². The van der Waals surface area contributed by atoms with E-state index in [9.17, 15) is 4.79 Å². The van der Waals surface area contributed by atoms with E-state index in [1.54, 1.807) is 13.2 Å². The van der Waals surface area contributed by atoms with Gasteiger partial charge >= 0.3 is 6.09 Å². The average molecular weight is 235 g/mol. The van der Waals surface area contributed by atoms with E-state index in [0.717, 1.165) is 11.1 Å². The van der Waals surface area contributed by atoms with Gasteiger partial charge in [0.1, 0.15) is 6.61 Å². The molecule has 1 amide bonds. The van der Waals surface area contributed by atoms with Gasteiger partial charge in [-0.3, -0.25) is 5.32 Å². The minimum atomic E-state index is -1.09. The highest BCUT2D eigenvalue weighted by Gasteiger charge is 2.18. The summed E-state index contributed by atoms with van der Waals surface area (Å²) in [4.78, 5) is 10.6. The summed E-state index contributed by atoms with van der Waals surface area (Å²) in [6, 6.07) is 3.73. The van der Waals surface area contributed by atoms with Crippen molar-refractivity contribution in [1.82, 2.24) is 5.32 Å². The number of methoxy groups -OCH3 is 1. The first-order valence-corrected chi connectivity index (χ1v) is 5.12. The highest BCUT2D eigenvalue weighted by molar-refractivity contribution is 5.74. The third-order valence-corrected chi connectivity index (χ3v) is 2.56. The monoisotopic (exact) mass is 235 g/mol. The van der Waals surface area contributed by atoms with E-state index in [-0.39, 0.29) is 6.61 Å². The molecule has 1 aliphatic rings. The Hall–Kier alpha value is -2.17. The van der Waals surface area contributed by atoms with Crippen LogP contribution in [-0.2, 0) is 0 Å². The fourth-order valence-corrected chi connectivity index (χ4v) is 1.74. The number of carboxylic acid groups (broad SMARTS) is 1. The van der Waals surface area contributed by atoms with Crippen LogP contribution < -0.4 is 14.8 Å². The van der Waals surface area contributed by atoms with Crippen LogP contribution in [0, 0.1) is 6.92 Å². The number of hydrogen-bond donors (Lipinski definition) is 2. The van der Waals surface area contributed by atoms with Crippen LogP contribution in [0.25, 0.3) is 6.08 Å². The number of hydrogen-bond acceptors (Lipinski definition) is 3. The Kier molecular flexibility index (Phi) is 2.91. The maximum atomic E-state index is 10.6. The Bertz CT molecular complexity index is 494.